The molecule has 5 nitrogen and oxygen atoms in total. The van der Waals surface area contributed by atoms with Crippen LogP contribution in [0, 0.1) is 0 Å². The van der Waals surface area contributed by atoms with Crippen LogP contribution >= 0.6 is 0 Å². The van der Waals surface area contributed by atoms with Gasteiger partial charge in [0, 0.05) is 11.8 Å². The number of nitrogen functional groups attached to an aromatic ring is 1. The lowest BCUT2D eigenvalue weighted by Gasteiger charge is -2.08. The Morgan fingerprint density at radius 3 is 2.89 bits per heavy atom. The number of anilines is 2. The summed E-state index contributed by atoms with van der Waals surface area (Å²) in [6.07, 6.45) is 3.22. The number of rotatable bonds is 3. The van der Waals surface area contributed by atoms with E-state index in [1.165, 1.54) is 7.11 Å². The van der Waals surface area contributed by atoms with Crippen LogP contribution in [-0.2, 0) is 0 Å². The molecule has 5 heteroatoms. The van der Waals surface area contributed by atoms with Gasteiger partial charge in [-0.05, 0) is 30.3 Å². The molecule has 0 aliphatic heterocycles. The predicted octanol–water partition coefficient (Wildman–Crippen LogP) is 1.92. The highest BCUT2D eigenvalue weighted by Crippen LogP contribution is 2.22. The van der Waals surface area contributed by atoms with Gasteiger partial charge in [-0.1, -0.05) is 0 Å². The Kier molecular flexibility index (Phi) is 3.43. The van der Waals surface area contributed by atoms with Gasteiger partial charge < -0.3 is 15.8 Å². The minimum atomic E-state index is -0.235. The first-order chi connectivity index (χ1) is 8.70. The van der Waals surface area contributed by atoms with Crippen LogP contribution in [0.4, 0.5) is 11.4 Å². The number of hydrogen-bond acceptors (Lipinski definition) is 4. The summed E-state index contributed by atoms with van der Waals surface area (Å²) in [6, 6.07) is 8.39. The van der Waals surface area contributed by atoms with Gasteiger partial charge in [-0.15, -0.1) is 0 Å². The number of carbonyl (C=O) groups excluding carboxylic acids is 1. The highest BCUT2D eigenvalue weighted by molar-refractivity contribution is 6.04. The second-order valence-electron chi connectivity index (χ2n) is 3.65. The van der Waals surface area contributed by atoms with Crippen molar-refractivity contribution in [3.8, 4) is 5.75 Å². The van der Waals surface area contributed by atoms with Gasteiger partial charge >= 0.3 is 0 Å². The Bertz CT molecular complexity index is 555. The molecule has 0 unspecified atom stereocenters. The van der Waals surface area contributed by atoms with Gasteiger partial charge in [0.2, 0.25) is 0 Å². The average Bonchev–Trinajstić information content (AvgIpc) is 2.40. The highest BCUT2D eigenvalue weighted by Gasteiger charge is 2.09. The van der Waals surface area contributed by atoms with Crippen LogP contribution in [0.25, 0.3) is 0 Å². The molecule has 1 aromatic carbocycles. The molecule has 2 rings (SSSR count). The Hall–Kier alpha value is -2.56. The van der Waals surface area contributed by atoms with E-state index in [-0.39, 0.29) is 5.91 Å². The van der Waals surface area contributed by atoms with Crippen LogP contribution in [0.2, 0.25) is 0 Å². The Morgan fingerprint density at radius 1 is 1.39 bits per heavy atom. The quantitative estimate of drug-likeness (QED) is 0.807. The zero-order chi connectivity index (χ0) is 13.0. The third-order valence-corrected chi connectivity index (χ3v) is 2.42. The van der Waals surface area contributed by atoms with Crippen molar-refractivity contribution in [2.24, 2.45) is 0 Å². The Labute approximate surface area is 105 Å². The summed E-state index contributed by atoms with van der Waals surface area (Å²) < 4.78 is 5.07. The molecule has 0 atom stereocenters. The lowest BCUT2D eigenvalue weighted by Crippen LogP contribution is -2.12. The summed E-state index contributed by atoms with van der Waals surface area (Å²) in [5, 5.41) is 2.73. The van der Waals surface area contributed by atoms with Crippen LogP contribution in [0.15, 0.2) is 42.7 Å². The maximum absolute atomic E-state index is 12.0. The summed E-state index contributed by atoms with van der Waals surface area (Å²) in [4.78, 5) is 15.9. The topological polar surface area (TPSA) is 77.2 Å². The largest absolute Gasteiger partial charge is 0.495 e. The number of pyridine rings is 1. The van der Waals surface area contributed by atoms with Crippen LogP contribution in [0.3, 0.4) is 0 Å². The number of nitrogens with two attached hydrogens (primary N) is 1. The number of nitrogens with one attached hydrogen (secondary N) is 1. The summed E-state index contributed by atoms with van der Waals surface area (Å²) >= 11 is 0. The molecular formula is C13H13N3O2. The van der Waals surface area contributed by atoms with Gasteiger partial charge in [0.05, 0.1) is 24.7 Å². The molecular weight excluding hydrogens is 230 g/mol. The van der Waals surface area contributed by atoms with E-state index in [1.54, 1.807) is 42.7 Å². The molecule has 3 N–H and O–H groups in total. The van der Waals surface area contributed by atoms with Crippen molar-refractivity contribution in [2.75, 3.05) is 18.2 Å². The van der Waals surface area contributed by atoms with E-state index in [0.29, 0.717) is 22.7 Å². The molecule has 0 aliphatic rings. The van der Waals surface area contributed by atoms with Gasteiger partial charge in [-0.25, -0.2) is 0 Å². The number of carbonyl (C=O) groups is 1. The van der Waals surface area contributed by atoms with Gasteiger partial charge in [0.15, 0.2) is 0 Å². The number of amides is 1. The SMILES string of the molecule is COc1cc(C(=O)Nc2cccnc2)ccc1N. The van der Waals surface area contributed by atoms with E-state index in [1.807, 2.05) is 0 Å². The molecule has 0 saturated heterocycles. The molecule has 0 bridgehead atoms. The summed E-state index contributed by atoms with van der Waals surface area (Å²) in [5.41, 5.74) is 7.30. The van der Waals surface area contributed by atoms with Crippen LogP contribution in [-0.4, -0.2) is 18.0 Å². The second-order valence-corrected chi connectivity index (χ2v) is 3.65. The number of benzene rings is 1. The van der Waals surface area contributed by atoms with Gasteiger partial charge in [-0.2, -0.15) is 0 Å². The molecule has 0 spiro atoms. The van der Waals surface area contributed by atoms with Gasteiger partial charge in [0.1, 0.15) is 5.75 Å². The molecule has 1 aromatic heterocycles. The molecule has 0 aliphatic carbocycles. The average molecular weight is 243 g/mol. The van der Waals surface area contributed by atoms with Crippen LogP contribution < -0.4 is 15.8 Å². The fourth-order valence-corrected chi connectivity index (χ4v) is 1.49. The summed E-state index contributed by atoms with van der Waals surface area (Å²) in [7, 11) is 1.51. The third kappa shape index (κ3) is 2.57. The van der Waals surface area contributed by atoms with E-state index < -0.39 is 0 Å². The number of ether oxygens (including phenoxy) is 1. The molecule has 1 amide bonds. The van der Waals surface area contributed by atoms with Crippen molar-refractivity contribution in [2.45, 2.75) is 0 Å². The van der Waals surface area contributed by atoms with Crippen LogP contribution in [0.1, 0.15) is 10.4 Å². The zero-order valence-electron chi connectivity index (χ0n) is 9.88. The maximum Gasteiger partial charge on any atom is 0.255 e. The summed E-state index contributed by atoms with van der Waals surface area (Å²) in [5.74, 6) is 0.245. The van der Waals surface area contributed by atoms with Crippen molar-refractivity contribution in [1.29, 1.82) is 0 Å². The van der Waals surface area contributed by atoms with Crippen molar-refractivity contribution < 1.29 is 9.53 Å². The molecule has 0 fully saturated rings. The first kappa shape index (κ1) is 11.9. The minimum absolute atomic E-state index is 0.235. The van der Waals surface area contributed by atoms with Gasteiger partial charge in [-0.3, -0.25) is 9.78 Å². The van der Waals surface area contributed by atoms with Crippen molar-refractivity contribution in [1.82, 2.24) is 4.98 Å². The normalized spacial score (nSPS) is 9.83. The number of hydrogen-bond donors (Lipinski definition) is 2. The standard InChI is InChI=1S/C13H13N3O2/c1-18-12-7-9(4-5-11(12)14)13(17)16-10-3-2-6-15-8-10/h2-8H,14H2,1H3,(H,16,17). The fraction of sp³-hybridized carbons (Fsp3) is 0.0769. The monoisotopic (exact) mass is 243 g/mol. The molecule has 1 heterocycles. The fourth-order valence-electron chi connectivity index (χ4n) is 1.49. The first-order valence-electron chi connectivity index (χ1n) is 5.35. The molecule has 2 aromatic rings. The molecule has 18 heavy (non-hydrogen) atoms. The highest BCUT2D eigenvalue weighted by atomic mass is 16.5. The minimum Gasteiger partial charge on any atom is -0.495 e. The lowest BCUT2D eigenvalue weighted by atomic mass is 10.1. The first-order valence-corrected chi connectivity index (χ1v) is 5.35. The van der Waals surface area contributed by atoms with E-state index in [4.69, 9.17) is 10.5 Å². The van der Waals surface area contributed by atoms with E-state index in [9.17, 15) is 4.79 Å². The summed E-state index contributed by atoms with van der Waals surface area (Å²) in [6.45, 7) is 0. The Morgan fingerprint density at radius 2 is 2.22 bits per heavy atom. The lowest BCUT2D eigenvalue weighted by molar-refractivity contribution is 0.102. The van der Waals surface area contributed by atoms with Crippen molar-refractivity contribution >= 4 is 17.3 Å². The van der Waals surface area contributed by atoms with Crippen molar-refractivity contribution in [3.05, 3.63) is 48.3 Å². The molecule has 92 valence electrons. The molecule has 0 radical (unpaired) electrons. The Balaban J connectivity index is 2.19. The van der Waals surface area contributed by atoms with E-state index >= 15 is 0 Å². The smallest absolute Gasteiger partial charge is 0.255 e. The van der Waals surface area contributed by atoms with Gasteiger partial charge in [0.25, 0.3) is 5.91 Å². The van der Waals surface area contributed by atoms with Crippen LogP contribution in [0.5, 0.6) is 5.75 Å². The number of aromatic nitrogens is 1. The van der Waals surface area contributed by atoms with Crippen molar-refractivity contribution in [3.63, 3.8) is 0 Å². The molecule has 0 saturated carbocycles. The predicted molar refractivity (Wildman–Crippen MR) is 69.6 cm³/mol. The van der Waals surface area contributed by atoms with E-state index in [0.717, 1.165) is 0 Å². The third-order valence-electron chi connectivity index (χ3n) is 2.42. The second kappa shape index (κ2) is 5.18. The number of methoxy groups -OCH3 is 1. The van der Waals surface area contributed by atoms with E-state index in [2.05, 4.69) is 10.3 Å². The maximum atomic E-state index is 12.0. The number of nitrogens with zero attached hydrogens (tertiary/aromatic N) is 1. The zero-order valence-corrected chi connectivity index (χ0v) is 9.88.